The van der Waals surface area contributed by atoms with E-state index in [0.717, 1.165) is 5.56 Å². The summed E-state index contributed by atoms with van der Waals surface area (Å²) in [6.07, 6.45) is 3.67. The summed E-state index contributed by atoms with van der Waals surface area (Å²) in [5.74, 6) is 1.24. The highest BCUT2D eigenvalue weighted by molar-refractivity contribution is 6.16. The van der Waals surface area contributed by atoms with Gasteiger partial charge >= 0.3 is 0 Å². The minimum atomic E-state index is 0.267. The van der Waals surface area contributed by atoms with Crippen LogP contribution in [-0.2, 0) is 5.88 Å². The number of aromatic nitrogens is 2. The molecular formula is C11H9ClN2O. The molecule has 0 atom stereocenters. The van der Waals surface area contributed by atoms with Crippen molar-refractivity contribution in [2.24, 2.45) is 0 Å². The molecule has 0 fully saturated rings. The molecule has 2 aromatic rings. The molecule has 0 saturated carbocycles. The normalized spacial score (nSPS) is 11.0. The molecule has 0 N–H and O–H groups in total. The Bertz CT molecular complexity index is 451. The molecule has 1 aromatic heterocycles. The van der Waals surface area contributed by atoms with Crippen LogP contribution in [0, 0.1) is 0 Å². The molecule has 0 spiro atoms. The number of halogens is 1. The maximum atomic E-state index is 5.55. The Morgan fingerprint density at radius 2 is 2.00 bits per heavy atom. The topological polar surface area (TPSA) is 38.9 Å². The van der Waals surface area contributed by atoms with Gasteiger partial charge in [-0.15, -0.1) is 11.6 Å². The lowest BCUT2D eigenvalue weighted by Crippen LogP contribution is -1.78. The van der Waals surface area contributed by atoms with E-state index in [4.69, 9.17) is 16.1 Å². The van der Waals surface area contributed by atoms with Crippen molar-refractivity contribution >= 4 is 23.8 Å². The van der Waals surface area contributed by atoms with Gasteiger partial charge in [-0.2, -0.15) is 4.98 Å². The fourth-order valence-corrected chi connectivity index (χ4v) is 1.23. The highest BCUT2D eigenvalue weighted by Gasteiger charge is 2.00. The molecule has 0 bridgehead atoms. The lowest BCUT2D eigenvalue weighted by molar-refractivity contribution is 0.405. The molecule has 1 aromatic carbocycles. The van der Waals surface area contributed by atoms with E-state index in [0.29, 0.717) is 11.7 Å². The molecule has 0 aliphatic carbocycles. The first-order valence-electron chi connectivity index (χ1n) is 4.50. The minimum Gasteiger partial charge on any atom is -0.335 e. The van der Waals surface area contributed by atoms with Crippen molar-refractivity contribution in [3.8, 4) is 0 Å². The van der Waals surface area contributed by atoms with Crippen LogP contribution in [0.1, 0.15) is 17.3 Å². The SMILES string of the molecule is ClCc1noc(/C=C\c2ccccc2)n1. The summed E-state index contributed by atoms with van der Waals surface area (Å²) >= 11 is 5.55. The van der Waals surface area contributed by atoms with E-state index in [1.54, 1.807) is 6.08 Å². The van der Waals surface area contributed by atoms with E-state index in [-0.39, 0.29) is 5.88 Å². The molecule has 0 radical (unpaired) electrons. The van der Waals surface area contributed by atoms with Crippen LogP contribution in [0.2, 0.25) is 0 Å². The number of nitrogens with zero attached hydrogens (tertiary/aromatic N) is 2. The molecule has 2 rings (SSSR count). The van der Waals surface area contributed by atoms with Gasteiger partial charge in [0.1, 0.15) is 0 Å². The molecule has 0 aliphatic rings. The maximum Gasteiger partial charge on any atom is 0.250 e. The lowest BCUT2D eigenvalue weighted by atomic mass is 10.2. The van der Waals surface area contributed by atoms with Gasteiger partial charge in [-0.3, -0.25) is 0 Å². The maximum absolute atomic E-state index is 5.55. The first-order valence-corrected chi connectivity index (χ1v) is 5.03. The zero-order valence-corrected chi connectivity index (χ0v) is 8.69. The fourth-order valence-electron chi connectivity index (χ4n) is 1.12. The molecule has 0 amide bonds. The summed E-state index contributed by atoms with van der Waals surface area (Å²) in [5.41, 5.74) is 1.09. The monoisotopic (exact) mass is 220 g/mol. The second-order valence-electron chi connectivity index (χ2n) is 2.93. The van der Waals surface area contributed by atoms with Gasteiger partial charge in [0.2, 0.25) is 0 Å². The predicted molar refractivity (Wildman–Crippen MR) is 59.2 cm³/mol. The second kappa shape index (κ2) is 4.75. The van der Waals surface area contributed by atoms with Crippen molar-refractivity contribution in [2.75, 3.05) is 0 Å². The summed E-state index contributed by atoms with van der Waals surface area (Å²) in [5, 5.41) is 3.68. The van der Waals surface area contributed by atoms with Crippen molar-refractivity contribution < 1.29 is 4.52 Å². The minimum absolute atomic E-state index is 0.267. The third kappa shape index (κ3) is 2.67. The van der Waals surface area contributed by atoms with Gasteiger partial charge in [0.25, 0.3) is 5.89 Å². The van der Waals surface area contributed by atoms with E-state index in [1.165, 1.54) is 0 Å². The predicted octanol–water partition coefficient (Wildman–Crippen LogP) is 2.98. The van der Waals surface area contributed by atoms with Gasteiger partial charge in [0, 0.05) is 6.08 Å². The molecule has 4 heteroatoms. The Morgan fingerprint density at radius 1 is 1.20 bits per heavy atom. The van der Waals surface area contributed by atoms with Crippen molar-refractivity contribution in [3.05, 3.63) is 47.6 Å². The van der Waals surface area contributed by atoms with Crippen LogP contribution in [0.5, 0.6) is 0 Å². The molecule has 3 nitrogen and oxygen atoms in total. The highest BCUT2D eigenvalue weighted by Crippen LogP contribution is 2.07. The summed E-state index contributed by atoms with van der Waals surface area (Å²) in [6.45, 7) is 0. The van der Waals surface area contributed by atoms with Crippen LogP contribution in [-0.4, -0.2) is 10.1 Å². The summed E-state index contributed by atoms with van der Waals surface area (Å²) in [4.78, 5) is 4.05. The Labute approximate surface area is 92.4 Å². The zero-order valence-electron chi connectivity index (χ0n) is 7.93. The van der Waals surface area contributed by atoms with E-state index in [2.05, 4.69) is 10.1 Å². The Hall–Kier alpha value is -1.61. The summed E-state index contributed by atoms with van der Waals surface area (Å²) in [7, 11) is 0. The van der Waals surface area contributed by atoms with Crippen molar-refractivity contribution in [2.45, 2.75) is 5.88 Å². The number of benzene rings is 1. The van der Waals surface area contributed by atoms with Crippen LogP contribution >= 0.6 is 11.6 Å². The molecule has 0 aliphatic heterocycles. The number of hydrogen-bond donors (Lipinski definition) is 0. The fraction of sp³-hybridized carbons (Fsp3) is 0.0909. The molecule has 1 heterocycles. The molecule has 15 heavy (non-hydrogen) atoms. The van der Waals surface area contributed by atoms with Crippen molar-refractivity contribution in [1.29, 1.82) is 0 Å². The van der Waals surface area contributed by atoms with Gasteiger partial charge < -0.3 is 4.52 Å². The molecule has 76 valence electrons. The van der Waals surface area contributed by atoms with Crippen LogP contribution in [0.4, 0.5) is 0 Å². The number of rotatable bonds is 3. The van der Waals surface area contributed by atoms with Gasteiger partial charge in [0.15, 0.2) is 5.82 Å². The van der Waals surface area contributed by atoms with Crippen LogP contribution in [0.15, 0.2) is 34.9 Å². The van der Waals surface area contributed by atoms with Gasteiger partial charge in [-0.1, -0.05) is 35.5 Å². The Balaban J connectivity index is 2.11. The lowest BCUT2D eigenvalue weighted by Gasteiger charge is -1.88. The van der Waals surface area contributed by atoms with E-state index < -0.39 is 0 Å². The zero-order chi connectivity index (χ0) is 10.5. The standard InChI is InChI=1S/C11H9ClN2O/c12-8-10-13-11(15-14-10)7-6-9-4-2-1-3-5-9/h1-7H,8H2/b7-6-. The second-order valence-corrected chi connectivity index (χ2v) is 3.19. The Morgan fingerprint density at radius 3 is 2.67 bits per heavy atom. The van der Waals surface area contributed by atoms with E-state index >= 15 is 0 Å². The van der Waals surface area contributed by atoms with E-state index in [9.17, 15) is 0 Å². The van der Waals surface area contributed by atoms with Crippen molar-refractivity contribution in [1.82, 2.24) is 10.1 Å². The largest absolute Gasteiger partial charge is 0.335 e. The summed E-state index contributed by atoms with van der Waals surface area (Å²) < 4.78 is 4.94. The first kappa shape index (κ1) is 9.93. The average Bonchev–Trinajstić information content (AvgIpc) is 2.76. The van der Waals surface area contributed by atoms with Gasteiger partial charge in [-0.05, 0) is 11.6 Å². The third-order valence-corrected chi connectivity index (χ3v) is 2.06. The van der Waals surface area contributed by atoms with Gasteiger partial charge in [0.05, 0.1) is 5.88 Å². The molecule has 0 saturated heterocycles. The summed E-state index contributed by atoms with van der Waals surface area (Å²) in [6, 6.07) is 9.90. The number of alkyl halides is 1. The number of hydrogen-bond acceptors (Lipinski definition) is 3. The van der Waals surface area contributed by atoms with Crippen LogP contribution < -0.4 is 0 Å². The average molecular weight is 221 g/mol. The molecule has 0 unspecified atom stereocenters. The highest BCUT2D eigenvalue weighted by atomic mass is 35.5. The van der Waals surface area contributed by atoms with Gasteiger partial charge in [-0.25, -0.2) is 0 Å². The quantitative estimate of drug-likeness (QED) is 0.747. The van der Waals surface area contributed by atoms with Crippen molar-refractivity contribution in [3.63, 3.8) is 0 Å². The molecular weight excluding hydrogens is 212 g/mol. The Kier molecular flexibility index (Phi) is 3.15. The first-order chi connectivity index (χ1) is 7.38. The van der Waals surface area contributed by atoms with Crippen LogP contribution in [0.25, 0.3) is 12.2 Å². The van der Waals surface area contributed by atoms with E-state index in [1.807, 2.05) is 36.4 Å². The van der Waals surface area contributed by atoms with Crippen LogP contribution in [0.3, 0.4) is 0 Å². The smallest absolute Gasteiger partial charge is 0.250 e. The third-order valence-electron chi connectivity index (χ3n) is 1.82.